The van der Waals surface area contributed by atoms with Gasteiger partial charge in [-0.2, -0.15) is 0 Å². The van der Waals surface area contributed by atoms with Gasteiger partial charge in [0.2, 0.25) is 0 Å². The Balaban J connectivity index is 1.79. The minimum Gasteiger partial charge on any atom is -0.321 e. The Hall–Kier alpha value is -2.95. The summed E-state index contributed by atoms with van der Waals surface area (Å²) >= 11 is 0. The number of nitrogens with zero attached hydrogens (tertiary/aromatic N) is 2. The Bertz CT molecular complexity index is 1040. The van der Waals surface area contributed by atoms with Crippen LogP contribution in [0.15, 0.2) is 47.4 Å². The summed E-state index contributed by atoms with van der Waals surface area (Å²) in [7, 11) is 0. The molecule has 0 bridgehead atoms. The molecule has 2 heterocycles. The molecule has 0 saturated heterocycles. The zero-order valence-corrected chi connectivity index (χ0v) is 14.1. The predicted octanol–water partition coefficient (Wildman–Crippen LogP) is 3.16. The number of aryl methyl sites for hydroxylation is 2. The Morgan fingerprint density at radius 1 is 1.20 bits per heavy atom. The molecule has 3 aromatic rings. The summed E-state index contributed by atoms with van der Waals surface area (Å²) in [5.74, 6) is -0.141. The molecule has 0 aliphatic heterocycles. The van der Waals surface area contributed by atoms with E-state index in [2.05, 4.69) is 5.32 Å². The summed E-state index contributed by atoms with van der Waals surface area (Å²) in [5, 5.41) is 3.83. The lowest BCUT2D eigenvalue weighted by molar-refractivity contribution is 0.102. The molecule has 0 saturated carbocycles. The number of amides is 1. The Morgan fingerprint density at radius 3 is 2.88 bits per heavy atom. The van der Waals surface area contributed by atoms with E-state index in [4.69, 9.17) is 4.98 Å². The number of fused-ring (bicyclic) bond motifs is 2. The third-order valence-corrected chi connectivity index (χ3v) is 4.73. The van der Waals surface area contributed by atoms with Gasteiger partial charge in [0.25, 0.3) is 11.5 Å². The molecule has 0 fully saturated rings. The van der Waals surface area contributed by atoms with Crippen molar-refractivity contribution >= 4 is 22.5 Å². The van der Waals surface area contributed by atoms with E-state index in [-0.39, 0.29) is 11.5 Å². The number of hydrogen-bond acceptors (Lipinski definition) is 3. The molecule has 4 rings (SSSR count). The summed E-state index contributed by atoms with van der Waals surface area (Å²) in [4.78, 5) is 29.5. The Labute approximate surface area is 145 Å². The summed E-state index contributed by atoms with van der Waals surface area (Å²) in [6.07, 6.45) is 4.51. The van der Waals surface area contributed by atoms with Crippen molar-refractivity contribution in [1.29, 1.82) is 0 Å². The average Bonchev–Trinajstić information content (AvgIpc) is 3.08. The smallest absolute Gasteiger partial charge is 0.256 e. The van der Waals surface area contributed by atoms with Gasteiger partial charge in [-0.05, 0) is 43.9 Å². The van der Waals surface area contributed by atoms with Crippen LogP contribution in [0.3, 0.4) is 0 Å². The molecule has 2 aromatic heterocycles. The predicted molar refractivity (Wildman–Crippen MR) is 98.1 cm³/mol. The van der Waals surface area contributed by atoms with E-state index in [1.54, 1.807) is 16.8 Å². The van der Waals surface area contributed by atoms with Crippen LogP contribution in [0, 0.1) is 0 Å². The first-order valence-electron chi connectivity index (χ1n) is 8.59. The SMILES string of the molecule is CCn1cc(NC(=O)c2c3c(nc4ccccc24)CCC3)ccc1=O. The van der Waals surface area contributed by atoms with Crippen LogP contribution in [0.2, 0.25) is 0 Å². The maximum absolute atomic E-state index is 13.0. The molecule has 25 heavy (non-hydrogen) atoms. The first-order valence-corrected chi connectivity index (χ1v) is 8.59. The van der Waals surface area contributed by atoms with E-state index in [0.29, 0.717) is 17.8 Å². The van der Waals surface area contributed by atoms with Gasteiger partial charge in [0.05, 0.1) is 16.8 Å². The van der Waals surface area contributed by atoms with Crippen LogP contribution < -0.4 is 10.9 Å². The van der Waals surface area contributed by atoms with Gasteiger partial charge in [-0.3, -0.25) is 14.6 Å². The lowest BCUT2D eigenvalue weighted by Crippen LogP contribution is -2.20. The first-order chi connectivity index (χ1) is 12.2. The number of hydrogen-bond donors (Lipinski definition) is 1. The van der Waals surface area contributed by atoms with Crippen LogP contribution in [-0.2, 0) is 19.4 Å². The highest BCUT2D eigenvalue weighted by Crippen LogP contribution is 2.30. The summed E-state index contributed by atoms with van der Waals surface area (Å²) in [6, 6.07) is 10.9. The highest BCUT2D eigenvalue weighted by atomic mass is 16.1. The number of carbonyl (C=O) groups is 1. The molecule has 0 radical (unpaired) electrons. The fourth-order valence-electron chi connectivity index (χ4n) is 3.52. The van der Waals surface area contributed by atoms with E-state index in [0.717, 1.165) is 41.4 Å². The van der Waals surface area contributed by atoms with Crippen LogP contribution in [0.25, 0.3) is 10.9 Å². The third-order valence-electron chi connectivity index (χ3n) is 4.73. The van der Waals surface area contributed by atoms with Crippen molar-refractivity contribution in [3.8, 4) is 0 Å². The van der Waals surface area contributed by atoms with Gasteiger partial charge < -0.3 is 9.88 Å². The molecule has 1 N–H and O–H groups in total. The maximum atomic E-state index is 13.0. The average molecular weight is 333 g/mol. The fourth-order valence-corrected chi connectivity index (χ4v) is 3.52. The standard InChI is InChI=1S/C20H19N3O2/c1-2-23-12-13(10-11-18(23)24)21-20(25)19-14-6-3-4-8-16(14)22-17-9-5-7-15(17)19/h3-4,6,8,10-12H,2,5,7,9H2,1H3,(H,21,25). The van der Waals surface area contributed by atoms with Gasteiger partial charge in [-0.1, -0.05) is 18.2 Å². The lowest BCUT2D eigenvalue weighted by Gasteiger charge is -2.13. The minimum atomic E-state index is -0.141. The van der Waals surface area contributed by atoms with Gasteiger partial charge in [0, 0.05) is 29.9 Å². The second-order valence-corrected chi connectivity index (χ2v) is 6.28. The van der Waals surface area contributed by atoms with Crippen molar-refractivity contribution in [2.24, 2.45) is 0 Å². The lowest BCUT2D eigenvalue weighted by atomic mass is 10.0. The number of benzene rings is 1. The maximum Gasteiger partial charge on any atom is 0.256 e. The number of rotatable bonds is 3. The molecule has 0 unspecified atom stereocenters. The molecular formula is C20H19N3O2. The van der Waals surface area contributed by atoms with E-state index >= 15 is 0 Å². The van der Waals surface area contributed by atoms with Crippen LogP contribution in [0.4, 0.5) is 5.69 Å². The monoisotopic (exact) mass is 333 g/mol. The van der Waals surface area contributed by atoms with Crippen LogP contribution >= 0.6 is 0 Å². The van der Waals surface area contributed by atoms with E-state index < -0.39 is 0 Å². The van der Waals surface area contributed by atoms with Gasteiger partial charge in [-0.25, -0.2) is 0 Å². The molecule has 126 valence electrons. The molecule has 1 amide bonds. The van der Waals surface area contributed by atoms with Gasteiger partial charge in [0.1, 0.15) is 0 Å². The van der Waals surface area contributed by atoms with Gasteiger partial charge in [-0.15, -0.1) is 0 Å². The first kappa shape index (κ1) is 15.6. The van der Waals surface area contributed by atoms with Crippen LogP contribution in [0.1, 0.15) is 35.0 Å². The summed E-state index contributed by atoms with van der Waals surface area (Å²) in [5.41, 5.74) is 4.21. The van der Waals surface area contributed by atoms with Gasteiger partial charge >= 0.3 is 0 Å². The number of para-hydroxylation sites is 1. The van der Waals surface area contributed by atoms with Crippen LogP contribution in [0.5, 0.6) is 0 Å². The van der Waals surface area contributed by atoms with Crippen molar-refractivity contribution < 1.29 is 4.79 Å². The van der Waals surface area contributed by atoms with Crippen molar-refractivity contribution in [1.82, 2.24) is 9.55 Å². The number of anilines is 1. The quantitative estimate of drug-likeness (QED) is 0.801. The molecule has 0 atom stereocenters. The molecular weight excluding hydrogens is 314 g/mol. The summed E-state index contributed by atoms with van der Waals surface area (Å²) < 4.78 is 1.57. The van der Waals surface area contributed by atoms with Gasteiger partial charge in [0.15, 0.2) is 0 Å². The number of pyridine rings is 2. The summed E-state index contributed by atoms with van der Waals surface area (Å²) in [6.45, 7) is 2.46. The Kier molecular flexibility index (Phi) is 3.84. The molecule has 0 spiro atoms. The largest absolute Gasteiger partial charge is 0.321 e. The number of aromatic nitrogens is 2. The van der Waals surface area contributed by atoms with Crippen molar-refractivity contribution in [2.75, 3.05) is 5.32 Å². The van der Waals surface area contributed by atoms with Crippen LogP contribution in [-0.4, -0.2) is 15.5 Å². The molecule has 1 aliphatic rings. The number of nitrogens with one attached hydrogen (secondary N) is 1. The zero-order valence-electron chi connectivity index (χ0n) is 14.1. The van der Waals surface area contributed by atoms with Crippen molar-refractivity contribution in [3.05, 3.63) is 69.8 Å². The highest BCUT2D eigenvalue weighted by molar-refractivity contribution is 6.13. The second-order valence-electron chi connectivity index (χ2n) is 6.28. The topological polar surface area (TPSA) is 64.0 Å². The van der Waals surface area contributed by atoms with Crippen molar-refractivity contribution in [3.63, 3.8) is 0 Å². The Morgan fingerprint density at radius 2 is 2.04 bits per heavy atom. The normalized spacial score (nSPS) is 13.0. The third kappa shape index (κ3) is 2.71. The molecule has 1 aliphatic carbocycles. The van der Waals surface area contributed by atoms with E-state index in [9.17, 15) is 9.59 Å². The fraction of sp³-hybridized carbons (Fsp3) is 0.250. The highest BCUT2D eigenvalue weighted by Gasteiger charge is 2.23. The van der Waals surface area contributed by atoms with E-state index in [1.807, 2.05) is 31.2 Å². The molecule has 1 aromatic carbocycles. The zero-order chi connectivity index (χ0) is 17.4. The van der Waals surface area contributed by atoms with E-state index in [1.165, 1.54) is 6.07 Å². The molecule has 5 heteroatoms. The second kappa shape index (κ2) is 6.16. The molecule has 5 nitrogen and oxygen atoms in total. The minimum absolute atomic E-state index is 0.0734. The van der Waals surface area contributed by atoms with Crippen molar-refractivity contribution in [2.45, 2.75) is 32.7 Å². The number of carbonyl (C=O) groups excluding carboxylic acids is 1.